The fraction of sp³-hybridized carbons (Fsp3) is 0.375. The Hall–Kier alpha value is -1.85. The summed E-state index contributed by atoms with van der Waals surface area (Å²) in [7, 11) is 1.76. The van der Waals surface area contributed by atoms with Crippen LogP contribution in [0.3, 0.4) is 0 Å². The Bertz CT molecular complexity index is 419. The van der Waals surface area contributed by atoms with Gasteiger partial charge in [0.05, 0.1) is 12.1 Å². The molecule has 1 aliphatic rings. The number of rotatable bonds is 1. The molecule has 14 heavy (non-hydrogen) atoms. The molecule has 1 amide bonds. The zero-order valence-corrected chi connectivity index (χ0v) is 8.06. The summed E-state index contributed by atoms with van der Waals surface area (Å²) in [6, 6.07) is 1.79. The molecule has 2 N–H and O–H groups in total. The Morgan fingerprint density at radius 2 is 2.29 bits per heavy atom. The maximum absolute atomic E-state index is 11.4. The van der Waals surface area contributed by atoms with E-state index < -0.39 is 0 Å². The maximum atomic E-state index is 11.4. The number of amidine groups is 1. The minimum atomic E-state index is -0.120. The third-order valence-corrected chi connectivity index (χ3v) is 1.99. The molecule has 1 aliphatic heterocycles. The monoisotopic (exact) mass is 193 g/mol. The third-order valence-electron chi connectivity index (χ3n) is 1.99. The van der Waals surface area contributed by atoms with E-state index in [0.29, 0.717) is 11.7 Å². The molecule has 1 aromatic rings. The Morgan fingerprint density at radius 3 is 2.71 bits per heavy atom. The van der Waals surface area contributed by atoms with E-state index in [2.05, 4.69) is 10.2 Å². The van der Waals surface area contributed by atoms with Gasteiger partial charge in [-0.3, -0.25) is 9.48 Å². The Morgan fingerprint density at radius 1 is 1.57 bits per heavy atom. The summed E-state index contributed by atoms with van der Waals surface area (Å²) in [4.78, 5) is 11.4. The van der Waals surface area contributed by atoms with Crippen LogP contribution in [0.4, 0.5) is 5.82 Å². The number of carbonyl (C=O) groups excluding carboxylic acids is 1. The number of aryl methyl sites for hydroxylation is 2. The average Bonchev–Trinajstić information content (AvgIpc) is 2.55. The third kappa shape index (κ3) is 1.24. The van der Waals surface area contributed by atoms with Crippen LogP contribution in [0.25, 0.3) is 0 Å². The summed E-state index contributed by atoms with van der Waals surface area (Å²) in [6.45, 7) is 1.86. The molecular weight excluding hydrogens is 182 g/mol. The first-order chi connectivity index (χ1) is 6.58. The maximum Gasteiger partial charge on any atom is 0.256 e. The minimum Gasteiger partial charge on any atom is -0.385 e. The van der Waals surface area contributed by atoms with Crippen molar-refractivity contribution in [2.75, 3.05) is 5.01 Å². The van der Waals surface area contributed by atoms with Gasteiger partial charge in [-0.2, -0.15) is 15.2 Å². The number of hydrogen-bond acceptors (Lipinski definition) is 4. The predicted octanol–water partition coefficient (Wildman–Crippen LogP) is -0.263. The van der Waals surface area contributed by atoms with Crippen LogP contribution in [0.5, 0.6) is 0 Å². The van der Waals surface area contributed by atoms with Crippen molar-refractivity contribution < 1.29 is 4.79 Å². The predicted molar refractivity (Wildman–Crippen MR) is 51.7 cm³/mol. The molecule has 2 heterocycles. The quantitative estimate of drug-likeness (QED) is 0.667. The fourth-order valence-corrected chi connectivity index (χ4v) is 1.42. The first kappa shape index (κ1) is 8.74. The van der Waals surface area contributed by atoms with E-state index >= 15 is 0 Å². The van der Waals surface area contributed by atoms with Gasteiger partial charge in [0.15, 0.2) is 5.82 Å². The van der Waals surface area contributed by atoms with Gasteiger partial charge >= 0.3 is 0 Å². The van der Waals surface area contributed by atoms with E-state index in [1.54, 1.807) is 17.8 Å². The first-order valence-electron chi connectivity index (χ1n) is 4.24. The van der Waals surface area contributed by atoms with E-state index in [-0.39, 0.29) is 12.3 Å². The van der Waals surface area contributed by atoms with Crippen LogP contribution >= 0.6 is 0 Å². The van der Waals surface area contributed by atoms with E-state index in [0.717, 1.165) is 5.69 Å². The number of anilines is 1. The topological polar surface area (TPSA) is 76.5 Å². The van der Waals surface area contributed by atoms with Crippen molar-refractivity contribution in [3.63, 3.8) is 0 Å². The van der Waals surface area contributed by atoms with E-state index in [9.17, 15) is 4.79 Å². The molecule has 6 heteroatoms. The van der Waals surface area contributed by atoms with Crippen LogP contribution < -0.4 is 10.7 Å². The summed E-state index contributed by atoms with van der Waals surface area (Å²) >= 11 is 0. The van der Waals surface area contributed by atoms with Gasteiger partial charge in [0.25, 0.3) is 5.91 Å². The Balaban J connectivity index is 2.40. The van der Waals surface area contributed by atoms with Gasteiger partial charge < -0.3 is 5.73 Å². The second-order valence-corrected chi connectivity index (χ2v) is 3.24. The molecule has 0 aromatic carbocycles. The molecule has 0 saturated heterocycles. The molecular formula is C8H11N5O. The lowest BCUT2D eigenvalue weighted by Gasteiger charge is -2.10. The van der Waals surface area contributed by atoms with Gasteiger partial charge in [-0.05, 0) is 6.92 Å². The second-order valence-electron chi connectivity index (χ2n) is 3.24. The van der Waals surface area contributed by atoms with Crippen LogP contribution in [-0.2, 0) is 11.8 Å². The Kier molecular flexibility index (Phi) is 1.77. The molecule has 0 atom stereocenters. The summed E-state index contributed by atoms with van der Waals surface area (Å²) < 4.78 is 1.61. The lowest BCUT2D eigenvalue weighted by Crippen LogP contribution is -2.22. The second kappa shape index (κ2) is 2.83. The molecule has 2 rings (SSSR count). The molecule has 0 spiro atoms. The number of carbonyl (C=O) groups is 1. The molecule has 0 unspecified atom stereocenters. The van der Waals surface area contributed by atoms with Gasteiger partial charge in [0, 0.05) is 13.1 Å². The number of nitrogens with zero attached hydrogens (tertiary/aromatic N) is 4. The number of aromatic nitrogens is 2. The Labute approximate surface area is 81.0 Å². The highest BCUT2D eigenvalue weighted by Crippen LogP contribution is 2.19. The van der Waals surface area contributed by atoms with Crippen LogP contribution in [0.15, 0.2) is 11.2 Å². The highest BCUT2D eigenvalue weighted by Gasteiger charge is 2.25. The SMILES string of the molecule is Cc1cc(N2N=C(N)CC2=O)n(C)n1. The first-order valence-corrected chi connectivity index (χ1v) is 4.24. The molecule has 74 valence electrons. The minimum absolute atomic E-state index is 0.120. The summed E-state index contributed by atoms with van der Waals surface area (Å²) in [5.74, 6) is 0.868. The summed E-state index contributed by atoms with van der Waals surface area (Å²) in [6.07, 6.45) is 0.185. The van der Waals surface area contributed by atoms with E-state index in [1.165, 1.54) is 5.01 Å². The van der Waals surface area contributed by atoms with Gasteiger partial charge in [0.1, 0.15) is 5.84 Å². The lowest BCUT2D eigenvalue weighted by atomic mass is 10.4. The van der Waals surface area contributed by atoms with Gasteiger partial charge in [-0.15, -0.1) is 0 Å². The molecule has 0 bridgehead atoms. The van der Waals surface area contributed by atoms with Crippen molar-refractivity contribution in [2.24, 2.45) is 17.9 Å². The molecule has 0 saturated carbocycles. The summed E-state index contributed by atoms with van der Waals surface area (Å²) in [5.41, 5.74) is 6.31. The average molecular weight is 193 g/mol. The largest absolute Gasteiger partial charge is 0.385 e. The van der Waals surface area contributed by atoms with Crippen molar-refractivity contribution in [3.05, 3.63) is 11.8 Å². The zero-order chi connectivity index (χ0) is 10.3. The number of hydrogen-bond donors (Lipinski definition) is 1. The van der Waals surface area contributed by atoms with E-state index in [1.807, 2.05) is 6.92 Å². The smallest absolute Gasteiger partial charge is 0.256 e. The highest BCUT2D eigenvalue weighted by molar-refractivity contribution is 6.11. The lowest BCUT2D eigenvalue weighted by molar-refractivity contribution is -0.117. The zero-order valence-electron chi connectivity index (χ0n) is 8.06. The van der Waals surface area contributed by atoms with Crippen molar-refractivity contribution in [1.29, 1.82) is 0 Å². The number of hydrazone groups is 1. The molecule has 0 radical (unpaired) electrons. The van der Waals surface area contributed by atoms with Crippen LogP contribution in [-0.4, -0.2) is 21.5 Å². The standard InChI is InChI=1S/C8H11N5O/c1-5-3-7(12(2)10-5)13-8(14)4-6(9)11-13/h3H,4H2,1-2H3,(H2,9,11). The van der Waals surface area contributed by atoms with Crippen LogP contribution in [0.2, 0.25) is 0 Å². The number of amides is 1. The van der Waals surface area contributed by atoms with Crippen LogP contribution in [0, 0.1) is 6.92 Å². The van der Waals surface area contributed by atoms with Crippen molar-refractivity contribution >= 4 is 17.6 Å². The van der Waals surface area contributed by atoms with Crippen LogP contribution in [0.1, 0.15) is 12.1 Å². The molecule has 1 aromatic heterocycles. The summed E-state index contributed by atoms with van der Waals surface area (Å²) in [5, 5.41) is 9.35. The van der Waals surface area contributed by atoms with Gasteiger partial charge in [-0.25, -0.2) is 0 Å². The normalized spacial score (nSPS) is 16.3. The fourth-order valence-electron chi connectivity index (χ4n) is 1.42. The van der Waals surface area contributed by atoms with Gasteiger partial charge in [-0.1, -0.05) is 0 Å². The molecule has 6 nitrogen and oxygen atoms in total. The van der Waals surface area contributed by atoms with E-state index in [4.69, 9.17) is 5.73 Å². The molecule has 0 aliphatic carbocycles. The van der Waals surface area contributed by atoms with Crippen molar-refractivity contribution in [3.8, 4) is 0 Å². The van der Waals surface area contributed by atoms with Crippen molar-refractivity contribution in [1.82, 2.24) is 9.78 Å². The molecule has 0 fully saturated rings. The van der Waals surface area contributed by atoms with Gasteiger partial charge in [0.2, 0.25) is 0 Å². The van der Waals surface area contributed by atoms with Crippen molar-refractivity contribution in [2.45, 2.75) is 13.3 Å². The number of nitrogens with two attached hydrogens (primary N) is 1. The highest BCUT2D eigenvalue weighted by atomic mass is 16.2.